The molecular weight excluding hydrogens is 236 g/mol. The second kappa shape index (κ2) is 5.41. The Labute approximate surface area is 115 Å². The van der Waals surface area contributed by atoms with Crippen LogP contribution in [0.15, 0.2) is 24.3 Å². The Morgan fingerprint density at radius 2 is 1.84 bits per heavy atom. The lowest BCUT2D eigenvalue weighted by molar-refractivity contribution is -0.0331. The molecule has 3 heteroatoms. The van der Waals surface area contributed by atoms with E-state index in [1.54, 1.807) is 0 Å². The summed E-state index contributed by atoms with van der Waals surface area (Å²) in [5.41, 5.74) is 7.26. The first kappa shape index (κ1) is 12.8. The second-order valence-electron chi connectivity index (χ2n) is 6.16. The van der Waals surface area contributed by atoms with Crippen molar-refractivity contribution in [3.63, 3.8) is 0 Å². The first-order chi connectivity index (χ1) is 9.27. The van der Waals surface area contributed by atoms with E-state index < -0.39 is 0 Å². The third kappa shape index (κ3) is 2.86. The fourth-order valence-corrected chi connectivity index (χ4v) is 3.58. The van der Waals surface area contributed by atoms with Gasteiger partial charge in [0.05, 0.1) is 5.69 Å². The molecule has 1 spiro atoms. The van der Waals surface area contributed by atoms with Crippen LogP contribution in [0.3, 0.4) is 0 Å². The number of para-hydroxylation sites is 2. The second-order valence-corrected chi connectivity index (χ2v) is 6.16. The minimum atomic E-state index is 0.671. The van der Waals surface area contributed by atoms with E-state index in [4.69, 9.17) is 10.5 Å². The summed E-state index contributed by atoms with van der Waals surface area (Å²) in [5.74, 6) is 0.815. The van der Waals surface area contributed by atoms with Crippen LogP contribution in [0.25, 0.3) is 0 Å². The molecular formula is C16H24N2O. The Balaban J connectivity index is 1.39. The summed E-state index contributed by atoms with van der Waals surface area (Å²) < 4.78 is 5.75. The maximum atomic E-state index is 5.86. The van der Waals surface area contributed by atoms with Gasteiger partial charge in [0.1, 0.15) is 12.4 Å². The highest BCUT2D eigenvalue weighted by molar-refractivity contribution is 5.51. The minimum absolute atomic E-state index is 0.671. The molecule has 104 valence electrons. The van der Waals surface area contributed by atoms with Gasteiger partial charge in [0, 0.05) is 19.6 Å². The number of ether oxygens (including phenoxy) is 1. The predicted molar refractivity (Wildman–Crippen MR) is 78.3 cm³/mol. The van der Waals surface area contributed by atoms with Crippen LogP contribution in [0.5, 0.6) is 5.75 Å². The topological polar surface area (TPSA) is 38.5 Å². The molecule has 1 saturated heterocycles. The zero-order valence-corrected chi connectivity index (χ0v) is 11.6. The molecule has 1 saturated carbocycles. The van der Waals surface area contributed by atoms with Gasteiger partial charge in [-0.05, 0) is 30.4 Å². The highest BCUT2D eigenvalue weighted by Crippen LogP contribution is 2.43. The Morgan fingerprint density at radius 1 is 1.11 bits per heavy atom. The molecule has 3 rings (SSSR count). The van der Waals surface area contributed by atoms with Gasteiger partial charge in [-0.1, -0.05) is 31.4 Å². The van der Waals surface area contributed by atoms with E-state index in [2.05, 4.69) is 4.90 Å². The lowest BCUT2D eigenvalue weighted by atomic mass is 9.69. The minimum Gasteiger partial charge on any atom is -0.490 e. The Morgan fingerprint density at radius 3 is 2.58 bits per heavy atom. The average molecular weight is 260 g/mol. The maximum Gasteiger partial charge on any atom is 0.142 e. The molecule has 0 bridgehead atoms. The fraction of sp³-hybridized carbons (Fsp3) is 0.625. The van der Waals surface area contributed by atoms with E-state index >= 15 is 0 Å². The standard InChI is InChI=1S/C16H24N2O/c17-14-6-2-3-7-15(14)19-11-10-18-12-16(13-18)8-4-1-5-9-16/h2-3,6-7H,1,4-5,8-13,17H2. The van der Waals surface area contributed by atoms with Crippen LogP contribution in [-0.4, -0.2) is 31.1 Å². The quantitative estimate of drug-likeness (QED) is 0.846. The number of rotatable bonds is 4. The van der Waals surface area contributed by atoms with Gasteiger partial charge in [-0.25, -0.2) is 0 Å². The summed E-state index contributed by atoms with van der Waals surface area (Å²) in [6.07, 6.45) is 7.19. The molecule has 0 radical (unpaired) electrons. The van der Waals surface area contributed by atoms with Crippen LogP contribution in [-0.2, 0) is 0 Å². The largest absolute Gasteiger partial charge is 0.490 e. The monoisotopic (exact) mass is 260 g/mol. The zero-order chi connectivity index (χ0) is 13.1. The van der Waals surface area contributed by atoms with Crippen LogP contribution in [0, 0.1) is 5.41 Å². The van der Waals surface area contributed by atoms with Gasteiger partial charge in [-0.15, -0.1) is 0 Å². The van der Waals surface area contributed by atoms with Crippen molar-refractivity contribution in [1.82, 2.24) is 4.90 Å². The molecule has 0 amide bonds. The van der Waals surface area contributed by atoms with Gasteiger partial charge >= 0.3 is 0 Å². The first-order valence-corrected chi connectivity index (χ1v) is 7.47. The van der Waals surface area contributed by atoms with Crippen molar-refractivity contribution in [3.8, 4) is 5.75 Å². The van der Waals surface area contributed by atoms with Crippen molar-refractivity contribution in [2.75, 3.05) is 32.0 Å². The molecule has 1 aromatic carbocycles. The molecule has 3 nitrogen and oxygen atoms in total. The number of hydrogen-bond acceptors (Lipinski definition) is 3. The normalized spacial score (nSPS) is 22.1. The number of nitrogen functional groups attached to an aromatic ring is 1. The molecule has 1 aromatic rings. The zero-order valence-electron chi connectivity index (χ0n) is 11.6. The summed E-state index contributed by atoms with van der Waals surface area (Å²) in [6.45, 7) is 4.32. The summed E-state index contributed by atoms with van der Waals surface area (Å²) in [4.78, 5) is 2.52. The Kier molecular flexibility index (Phi) is 3.65. The van der Waals surface area contributed by atoms with Crippen LogP contribution in [0.4, 0.5) is 5.69 Å². The van der Waals surface area contributed by atoms with Gasteiger partial charge in [-0.3, -0.25) is 4.90 Å². The summed E-state index contributed by atoms with van der Waals surface area (Å²) in [7, 11) is 0. The molecule has 0 aromatic heterocycles. The van der Waals surface area contributed by atoms with Crippen molar-refractivity contribution in [3.05, 3.63) is 24.3 Å². The predicted octanol–water partition coefficient (Wildman–Crippen LogP) is 2.91. The summed E-state index contributed by atoms with van der Waals surface area (Å²) >= 11 is 0. The smallest absolute Gasteiger partial charge is 0.142 e. The molecule has 2 fully saturated rings. The van der Waals surface area contributed by atoms with E-state index in [9.17, 15) is 0 Å². The first-order valence-electron chi connectivity index (χ1n) is 7.47. The number of hydrogen-bond donors (Lipinski definition) is 1. The highest BCUT2D eigenvalue weighted by atomic mass is 16.5. The molecule has 1 aliphatic carbocycles. The maximum absolute atomic E-state index is 5.86. The van der Waals surface area contributed by atoms with E-state index in [1.165, 1.54) is 45.2 Å². The molecule has 1 aliphatic heterocycles. The molecule has 19 heavy (non-hydrogen) atoms. The van der Waals surface area contributed by atoms with Crippen LogP contribution >= 0.6 is 0 Å². The number of benzene rings is 1. The van der Waals surface area contributed by atoms with E-state index in [1.807, 2.05) is 24.3 Å². The third-order valence-electron chi connectivity index (χ3n) is 4.62. The van der Waals surface area contributed by atoms with Crippen molar-refractivity contribution in [1.29, 1.82) is 0 Å². The van der Waals surface area contributed by atoms with Gasteiger partial charge in [0.2, 0.25) is 0 Å². The summed E-state index contributed by atoms with van der Waals surface area (Å²) in [5, 5.41) is 0. The highest BCUT2D eigenvalue weighted by Gasteiger charge is 2.42. The van der Waals surface area contributed by atoms with Crippen molar-refractivity contribution in [2.45, 2.75) is 32.1 Å². The van der Waals surface area contributed by atoms with Crippen LogP contribution in [0.2, 0.25) is 0 Å². The van der Waals surface area contributed by atoms with E-state index in [0.717, 1.165) is 24.6 Å². The van der Waals surface area contributed by atoms with Crippen molar-refractivity contribution in [2.24, 2.45) is 5.41 Å². The summed E-state index contributed by atoms with van der Waals surface area (Å²) in [6, 6.07) is 7.72. The van der Waals surface area contributed by atoms with E-state index in [-0.39, 0.29) is 0 Å². The lowest BCUT2D eigenvalue weighted by Gasteiger charge is -2.52. The third-order valence-corrected chi connectivity index (χ3v) is 4.62. The number of likely N-dealkylation sites (tertiary alicyclic amines) is 1. The average Bonchev–Trinajstić information content (AvgIpc) is 2.40. The van der Waals surface area contributed by atoms with Gasteiger partial charge in [0.25, 0.3) is 0 Å². The molecule has 2 aliphatic rings. The van der Waals surface area contributed by atoms with Crippen LogP contribution in [0.1, 0.15) is 32.1 Å². The Bertz CT molecular complexity index is 419. The van der Waals surface area contributed by atoms with Gasteiger partial charge in [-0.2, -0.15) is 0 Å². The Hall–Kier alpha value is -1.22. The number of anilines is 1. The van der Waals surface area contributed by atoms with Gasteiger partial charge in [0.15, 0.2) is 0 Å². The van der Waals surface area contributed by atoms with Crippen LogP contribution < -0.4 is 10.5 Å². The molecule has 1 heterocycles. The molecule has 2 N–H and O–H groups in total. The van der Waals surface area contributed by atoms with E-state index in [0.29, 0.717) is 5.41 Å². The fourth-order valence-electron chi connectivity index (χ4n) is 3.58. The molecule has 0 unspecified atom stereocenters. The number of nitrogens with zero attached hydrogens (tertiary/aromatic N) is 1. The van der Waals surface area contributed by atoms with Gasteiger partial charge < -0.3 is 10.5 Å². The number of nitrogens with two attached hydrogens (primary N) is 1. The lowest BCUT2D eigenvalue weighted by Crippen LogP contribution is -2.57. The van der Waals surface area contributed by atoms with Crippen molar-refractivity contribution < 1.29 is 4.74 Å². The SMILES string of the molecule is Nc1ccccc1OCCN1CC2(CCCCC2)C1. The molecule has 0 atom stereocenters. The van der Waals surface area contributed by atoms with Crippen molar-refractivity contribution >= 4 is 5.69 Å².